The van der Waals surface area contributed by atoms with Crippen LogP contribution in [0.15, 0.2) is 96.3 Å². The number of rotatable bonds is 3. The van der Waals surface area contributed by atoms with Gasteiger partial charge >= 0.3 is 0 Å². The fraction of sp³-hybridized carbons (Fsp3) is 0. The summed E-state index contributed by atoms with van der Waals surface area (Å²) in [7, 11) is 0. The third-order valence-corrected chi connectivity index (χ3v) is 5.68. The second-order valence-electron chi connectivity index (χ2n) is 7.20. The minimum absolute atomic E-state index is 0.524. The van der Waals surface area contributed by atoms with E-state index in [1.165, 1.54) is 0 Å². The molecule has 3 aromatic carbocycles. The molecule has 148 valence electrons. The summed E-state index contributed by atoms with van der Waals surface area (Å²) in [6.07, 6.45) is 5.13. The molecule has 0 fully saturated rings. The van der Waals surface area contributed by atoms with Gasteiger partial charge in [-0.2, -0.15) is 0 Å². The van der Waals surface area contributed by atoms with E-state index in [1.807, 2.05) is 54.6 Å². The van der Waals surface area contributed by atoms with Crippen molar-refractivity contribution in [1.29, 1.82) is 0 Å². The smallest absolute Gasteiger partial charge is 0.219 e. The molecule has 0 atom stereocenters. The predicted molar refractivity (Wildman–Crippen MR) is 125 cm³/mol. The molecule has 0 spiro atoms. The van der Waals surface area contributed by atoms with E-state index in [9.17, 15) is 0 Å². The van der Waals surface area contributed by atoms with Gasteiger partial charge in [0.05, 0.1) is 22.7 Å². The van der Waals surface area contributed by atoms with Gasteiger partial charge in [-0.15, -0.1) is 12.6 Å². The summed E-state index contributed by atoms with van der Waals surface area (Å²) in [5, 5.41) is 3.30. The average Bonchev–Trinajstić information content (AvgIpc) is 3.14. The van der Waals surface area contributed by atoms with Crippen LogP contribution in [0.25, 0.3) is 38.5 Å². The highest BCUT2D eigenvalue weighted by Crippen LogP contribution is 2.34. The minimum Gasteiger partial charge on any atom is -0.439 e. The van der Waals surface area contributed by atoms with Crippen molar-refractivity contribution in [3.8, 4) is 17.4 Å². The van der Waals surface area contributed by atoms with Gasteiger partial charge < -0.3 is 4.74 Å². The third-order valence-electron chi connectivity index (χ3n) is 5.32. The van der Waals surface area contributed by atoms with Gasteiger partial charge in [0.1, 0.15) is 5.75 Å². The Morgan fingerprint density at radius 3 is 2.61 bits per heavy atom. The van der Waals surface area contributed by atoms with Crippen LogP contribution >= 0.6 is 12.6 Å². The molecule has 5 nitrogen and oxygen atoms in total. The number of thiol groups is 1. The molecular formula is C25H16N4OS. The predicted octanol–water partition coefficient (Wildman–Crippen LogP) is 6.20. The van der Waals surface area contributed by atoms with Gasteiger partial charge in [0.25, 0.3) is 0 Å². The zero-order valence-corrected chi connectivity index (χ0v) is 17.2. The van der Waals surface area contributed by atoms with Gasteiger partial charge in [0, 0.05) is 45.6 Å². The number of pyridine rings is 1. The molecule has 0 saturated carbocycles. The molecule has 0 bridgehead atoms. The molecule has 6 heteroatoms. The maximum Gasteiger partial charge on any atom is 0.219 e. The molecule has 3 aromatic heterocycles. The molecule has 31 heavy (non-hydrogen) atoms. The number of hydrogen-bond donors (Lipinski definition) is 1. The number of hydrogen-bond acceptors (Lipinski definition) is 5. The number of benzene rings is 3. The lowest BCUT2D eigenvalue weighted by molar-refractivity contribution is 0.465. The summed E-state index contributed by atoms with van der Waals surface area (Å²) >= 11 is 4.52. The van der Waals surface area contributed by atoms with Gasteiger partial charge in [0.2, 0.25) is 5.88 Å². The Balaban J connectivity index is 1.51. The average molecular weight is 420 g/mol. The standard InChI is InChI=1S/C25H16N4OS/c31-22-7-3-4-16-8-11-24(28-25(16)22)30-17-9-10-19-18-5-1-2-6-20(18)29(21(19)14-17)23-15-26-12-13-27-23/h1-15,31H. The van der Waals surface area contributed by atoms with Crippen LogP contribution in [0.3, 0.4) is 0 Å². The lowest BCUT2D eigenvalue weighted by Crippen LogP contribution is -1.97. The van der Waals surface area contributed by atoms with E-state index in [-0.39, 0.29) is 0 Å². The summed E-state index contributed by atoms with van der Waals surface area (Å²) in [5.41, 5.74) is 2.88. The number of nitrogens with zero attached hydrogens (tertiary/aromatic N) is 4. The second-order valence-corrected chi connectivity index (χ2v) is 7.68. The molecule has 0 aliphatic rings. The third kappa shape index (κ3) is 3.00. The van der Waals surface area contributed by atoms with Crippen molar-refractivity contribution in [2.75, 3.05) is 0 Å². The first-order chi connectivity index (χ1) is 15.3. The van der Waals surface area contributed by atoms with Crippen LogP contribution < -0.4 is 4.74 Å². The maximum atomic E-state index is 6.14. The Morgan fingerprint density at radius 1 is 0.806 bits per heavy atom. The minimum atomic E-state index is 0.524. The summed E-state index contributed by atoms with van der Waals surface area (Å²) in [6, 6.07) is 24.1. The van der Waals surface area contributed by atoms with Crippen LogP contribution in [-0.2, 0) is 0 Å². The first kappa shape index (κ1) is 17.9. The Bertz CT molecular complexity index is 1580. The quantitative estimate of drug-likeness (QED) is 0.346. The molecule has 0 saturated heterocycles. The number of para-hydroxylation sites is 2. The van der Waals surface area contributed by atoms with Crippen LogP contribution in [-0.4, -0.2) is 19.5 Å². The molecule has 0 radical (unpaired) electrons. The Hall–Kier alpha value is -3.90. The Labute approximate surface area is 183 Å². The van der Waals surface area contributed by atoms with E-state index in [4.69, 9.17) is 4.74 Å². The van der Waals surface area contributed by atoms with Crippen molar-refractivity contribution in [3.05, 3.63) is 91.4 Å². The number of fused-ring (bicyclic) bond motifs is 4. The molecule has 6 aromatic rings. The van der Waals surface area contributed by atoms with Crippen LogP contribution in [0.1, 0.15) is 0 Å². The van der Waals surface area contributed by atoms with Crippen molar-refractivity contribution < 1.29 is 4.74 Å². The molecule has 0 N–H and O–H groups in total. The summed E-state index contributed by atoms with van der Waals surface area (Å²) < 4.78 is 8.24. The fourth-order valence-corrected chi connectivity index (χ4v) is 4.22. The van der Waals surface area contributed by atoms with Crippen LogP contribution in [0.2, 0.25) is 0 Å². The van der Waals surface area contributed by atoms with Gasteiger partial charge in [-0.25, -0.2) is 9.97 Å². The van der Waals surface area contributed by atoms with Gasteiger partial charge in [-0.3, -0.25) is 9.55 Å². The first-order valence-electron chi connectivity index (χ1n) is 9.84. The van der Waals surface area contributed by atoms with E-state index >= 15 is 0 Å². The van der Waals surface area contributed by atoms with Crippen LogP contribution in [0.4, 0.5) is 0 Å². The summed E-state index contributed by atoms with van der Waals surface area (Å²) in [5.74, 6) is 1.98. The normalized spacial score (nSPS) is 11.4. The molecule has 0 aliphatic heterocycles. The topological polar surface area (TPSA) is 52.8 Å². The van der Waals surface area contributed by atoms with E-state index in [2.05, 4.69) is 50.3 Å². The SMILES string of the molecule is Sc1cccc2ccc(Oc3ccc4c5ccccc5n(-c5cnccn5)c4c3)nc12. The molecular weight excluding hydrogens is 404 g/mol. The second kappa shape index (κ2) is 7.11. The van der Waals surface area contributed by atoms with E-state index in [1.54, 1.807) is 18.6 Å². The highest BCUT2D eigenvalue weighted by Gasteiger charge is 2.14. The summed E-state index contributed by atoms with van der Waals surface area (Å²) in [6.45, 7) is 0. The lowest BCUT2D eigenvalue weighted by Gasteiger charge is -2.09. The van der Waals surface area contributed by atoms with Crippen molar-refractivity contribution >= 4 is 45.3 Å². The fourth-order valence-electron chi connectivity index (χ4n) is 3.96. The van der Waals surface area contributed by atoms with Gasteiger partial charge in [0.15, 0.2) is 5.82 Å². The maximum absolute atomic E-state index is 6.14. The molecule has 6 rings (SSSR count). The van der Waals surface area contributed by atoms with E-state index in [0.29, 0.717) is 11.6 Å². The van der Waals surface area contributed by atoms with Crippen LogP contribution in [0.5, 0.6) is 11.6 Å². The molecule has 3 heterocycles. The van der Waals surface area contributed by atoms with E-state index < -0.39 is 0 Å². The Kier molecular flexibility index (Phi) is 4.11. The van der Waals surface area contributed by atoms with Crippen molar-refractivity contribution in [3.63, 3.8) is 0 Å². The van der Waals surface area contributed by atoms with Crippen molar-refractivity contribution in [2.24, 2.45) is 0 Å². The largest absolute Gasteiger partial charge is 0.439 e. The van der Waals surface area contributed by atoms with Crippen molar-refractivity contribution in [2.45, 2.75) is 4.90 Å². The molecule has 0 unspecified atom stereocenters. The number of aromatic nitrogens is 4. The van der Waals surface area contributed by atoms with Crippen molar-refractivity contribution in [1.82, 2.24) is 19.5 Å². The van der Waals surface area contributed by atoms with Gasteiger partial charge in [-0.05, 0) is 30.3 Å². The Morgan fingerprint density at radius 2 is 1.71 bits per heavy atom. The highest BCUT2D eigenvalue weighted by molar-refractivity contribution is 7.80. The van der Waals surface area contributed by atoms with Gasteiger partial charge in [-0.1, -0.05) is 30.3 Å². The number of ether oxygens (including phenoxy) is 1. The monoisotopic (exact) mass is 420 g/mol. The van der Waals surface area contributed by atoms with Crippen LogP contribution in [0, 0.1) is 0 Å². The lowest BCUT2D eigenvalue weighted by atomic mass is 10.1. The summed E-state index contributed by atoms with van der Waals surface area (Å²) in [4.78, 5) is 14.2. The molecule has 0 aliphatic carbocycles. The van der Waals surface area contributed by atoms with E-state index in [0.717, 1.165) is 43.4 Å². The highest BCUT2D eigenvalue weighted by atomic mass is 32.1. The zero-order chi connectivity index (χ0) is 20.8. The first-order valence-corrected chi connectivity index (χ1v) is 10.3. The molecule has 0 amide bonds. The zero-order valence-electron chi connectivity index (χ0n) is 16.3.